The summed E-state index contributed by atoms with van der Waals surface area (Å²) < 4.78 is 46.8. The molecule has 0 radical (unpaired) electrons. The van der Waals surface area contributed by atoms with Crippen molar-refractivity contribution in [2.24, 2.45) is 17.0 Å². The van der Waals surface area contributed by atoms with E-state index in [-0.39, 0.29) is 79.2 Å². The normalized spacial score (nSPS) is 17.5. The molecule has 27 heteroatoms. The number of aliphatic hydroxyl groups is 2. The molecule has 27 nitrogen and oxygen atoms in total. The number of aromatic nitrogens is 2. The van der Waals surface area contributed by atoms with Crippen molar-refractivity contribution in [1.29, 1.82) is 0 Å². The number of allylic oxidation sites excluding steroid dienone is 2. The van der Waals surface area contributed by atoms with E-state index < -0.39 is 35.9 Å². The second kappa shape index (κ2) is 29.5. The number of hydroxylamine groups is 4. The molecule has 6 aliphatic heterocycles. The fraction of sp³-hybridized carbons (Fsp3) is 0.260. The minimum Gasteiger partial charge on any atom is -0.493 e. The van der Waals surface area contributed by atoms with Crippen LogP contribution in [-0.4, -0.2) is 135 Å². The van der Waals surface area contributed by atoms with Crippen LogP contribution >= 0.6 is 0 Å². The number of carbonyl (C=O) groups is 4. The van der Waals surface area contributed by atoms with Gasteiger partial charge in [0.25, 0.3) is 11.8 Å². The summed E-state index contributed by atoms with van der Waals surface area (Å²) in [7, 11) is 5.74. The molecule has 4 amide bonds. The number of carbonyl (C=O) groups excluding carboxylic acids is 4. The fourth-order valence-corrected chi connectivity index (χ4v) is 12.3. The van der Waals surface area contributed by atoms with Crippen LogP contribution in [0.25, 0.3) is 55.6 Å². The largest absolute Gasteiger partial charge is 0.493 e. The van der Waals surface area contributed by atoms with Crippen LogP contribution in [0.1, 0.15) is 43.4 Å². The Balaban J connectivity index is 0.000000193. The van der Waals surface area contributed by atoms with Gasteiger partial charge in [-0.05, 0) is 145 Å². The molecule has 13 rings (SSSR count). The SMILES string of the molecule is COc1cc(COc2ccc3nc4ccc(=O)cc-4oc3c2)ccc1OC/C=C/C1=C(C(=O)N(C)O)N2C(=O)[C@H]([C@@H](C)O)[C@H]2C1.COc1cc(COc2ccc3nc4ccc(=O)cc-4oc3c2)ccc1OC/C=C/C1=C(C(=O)N(C)OCc2ccc(N=[N+]=[N-])cc2)N2C(=O)[C@H]([C@@H](C)O)[C@H]2C1. The van der Waals surface area contributed by atoms with Gasteiger partial charge < -0.3 is 57.3 Å². The summed E-state index contributed by atoms with van der Waals surface area (Å²) in [5.74, 6) is 0.815. The van der Waals surface area contributed by atoms with Crippen LogP contribution in [0.5, 0.6) is 34.5 Å². The molecule has 6 heterocycles. The molecule has 6 atom stereocenters. The predicted molar refractivity (Wildman–Crippen MR) is 360 cm³/mol. The van der Waals surface area contributed by atoms with Crippen molar-refractivity contribution < 1.29 is 76.7 Å². The van der Waals surface area contributed by atoms with Gasteiger partial charge in [-0.3, -0.25) is 38.8 Å². The highest BCUT2D eigenvalue weighted by atomic mass is 16.7. The maximum atomic E-state index is 13.7. The number of rotatable bonds is 24. The monoisotopic (exact) mass is 1360 g/mol. The van der Waals surface area contributed by atoms with Gasteiger partial charge in [-0.1, -0.05) is 53.7 Å². The summed E-state index contributed by atoms with van der Waals surface area (Å²) in [6.45, 7) is 3.92. The first-order chi connectivity index (χ1) is 48.3. The predicted octanol–water partition coefficient (Wildman–Crippen LogP) is 9.74. The molecule has 5 aromatic rings. The number of fused-ring (bicyclic) bond motifs is 6. The number of azide groups is 1. The van der Waals surface area contributed by atoms with Gasteiger partial charge in [-0.2, -0.15) is 0 Å². The topological polar surface area (TPSA) is 342 Å². The Hall–Kier alpha value is -11.9. The fourth-order valence-electron chi connectivity index (χ4n) is 12.3. The summed E-state index contributed by atoms with van der Waals surface area (Å²) in [5, 5.41) is 35.1. The van der Waals surface area contributed by atoms with Crippen molar-refractivity contribution in [2.75, 3.05) is 41.5 Å². The highest BCUT2D eigenvalue weighted by Crippen LogP contribution is 2.46. The number of hydrogen-bond acceptors (Lipinski definition) is 21. The summed E-state index contributed by atoms with van der Waals surface area (Å²) in [6.07, 6.45) is 5.96. The van der Waals surface area contributed by atoms with Crippen molar-refractivity contribution in [3.63, 3.8) is 0 Å². The standard InChI is InChI=1S/C40H36N6O9.C33H31N3O9/c1-23(47)37-32-18-26(38(46(32)39(37)49)40(50)45(2)54-22-24-6-9-27(10-7-24)43-44-41)5-4-16-52-33-15-8-25(17-36(33)51-3)21-53-29-12-14-31-35(20-29)55-34-19-28(48)11-13-30(34)42-31;1-18(37)30-25-14-20(31(33(40)35(2)41)36(25)32(30)39)5-4-12-43-26-11-6-19(13-29(26)42-3)17-44-22-8-10-24-28(16-22)45-27-15-21(38)7-9-23(27)34-24/h4-15,17,19-20,23,32,37,47H,16,18,21-22H2,1-3H3;4-11,13,15-16,18,25,30,37,41H,12,14,17H2,1-3H3/b2*5-4+/t23-,32-,37-;18-,25-,30-/m11/s1. The van der Waals surface area contributed by atoms with E-state index in [9.17, 15) is 44.2 Å². The zero-order valence-electron chi connectivity index (χ0n) is 54.9. The number of hydrogen-bond donors (Lipinski definition) is 3. The van der Waals surface area contributed by atoms with Crippen LogP contribution in [0, 0.1) is 11.8 Å². The molecule has 0 unspecified atom stereocenters. The Morgan fingerprint density at radius 1 is 0.600 bits per heavy atom. The quantitative estimate of drug-likeness (QED) is 0.00963. The molecule has 100 heavy (non-hydrogen) atoms. The van der Waals surface area contributed by atoms with Crippen LogP contribution < -0.4 is 39.3 Å². The van der Waals surface area contributed by atoms with Crippen molar-refractivity contribution in [3.05, 3.63) is 228 Å². The minimum absolute atomic E-state index is 0.0610. The number of β-lactam (4-membered cyclic amide) rings is 2. The third kappa shape index (κ3) is 14.4. The molecule has 2 aliphatic carbocycles. The van der Waals surface area contributed by atoms with Gasteiger partial charge in [0.15, 0.2) is 56.5 Å². The first-order valence-corrected chi connectivity index (χ1v) is 31.7. The number of likely N-dealkylation sites (N-methyl/N-ethyl adjacent to an activating group) is 2. The minimum atomic E-state index is -0.866. The van der Waals surface area contributed by atoms with Crippen molar-refractivity contribution in [1.82, 2.24) is 29.9 Å². The third-order valence-corrected chi connectivity index (χ3v) is 17.3. The molecule has 0 bridgehead atoms. The Labute approximate surface area is 570 Å². The summed E-state index contributed by atoms with van der Waals surface area (Å²) >= 11 is 0. The lowest BCUT2D eigenvalue weighted by Gasteiger charge is -2.45. The van der Waals surface area contributed by atoms with Crippen molar-refractivity contribution in [2.45, 2.75) is 70.8 Å². The molecule has 512 valence electrons. The number of amides is 4. The molecule has 3 N–H and O–H groups in total. The van der Waals surface area contributed by atoms with Crippen molar-refractivity contribution in [3.8, 4) is 57.4 Å². The van der Waals surface area contributed by atoms with Gasteiger partial charge in [0, 0.05) is 49.0 Å². The molecule has 8 aliphatic rings. The molecule has 2 fully saturated rings. The highest BCUT2D eigenvalue weighted by molar-refractivity contribution is 6.04. The van der Waals surface area contributed by atoms with E-state index in [0.29, 0.717) is 114 Å². The Morgan fingerprint density at radius 2 is 1.06 bits per heavy atom. The van der Waals surface area contributed by atoms with E-state index in [1.54, 1.807) is 129 Å². The lowest BCUT2D eigenvalue weighted by atomic mass is 9.83. The Bertz CT molecular complexity index is 4880. The highest BCUT2D eigenvalue weighted by Gasteiger charge is 2.58. The van der Waals surface area contributed by atoms with Crippen LogP contribution in [0.15, 0.2) is 204 Å². The van der Waals surface area contributed by atoms with Gasteiger partial charge in [-0.25, -0.2) is 20.1 Å². The van der Waals surface area contributed by atoms with E-state index in [4.69, 9.17) is 47.6 Å². The first kappa shape index (κ1) is 68.1. The van der Waals surface area contributed by atoms with Gasteiger partial charge in [0.2, 0.25) is 11.8 Å². The molecule has 0 aromatic heterocycles. The molecule has 0 spiro atoms. The molecule has 2 saturated heterocycles. The molecule has 5 aromatic carbocycles. The second-order valence-electron chi connectivity index (χ2n) is 23.9. The summed E-state index contributed by atoms with van der Waals surface area (Å²) in [4.78, 5) is 95.8. The van der Waals surface area contributed by atoms with E-state index in [1.807, 2.05) is 18.2 Å². The van der Waals surface area contributed by atoms with Gasteiger partial charge in [0.05, 0.1) is 50.3 Å². The second-order valence-corrected chi connectivity index (χ2v) is 23.9. The first-order valence-electron chi connectivity index (χ1n) is 31.7. The van der Waals surface area contributed by atoms with E-state index in [1.165, 1.54) is 62.4 Å². The molecule has 0 saturated carbocycles. The molecular formula is C73H67N9O18. The summed E-state index contributed by atoms with van der Waals surface area (Å²) in [6, 6.07) is 36.4. The van der Waals surface area contributed by atoms with Crippen LogP contribution in [0.3, 0.4) is 0 Å². The Kier molecular flexibility index (Phi) is 20.1. The van der Waals surface area contributed by atoms with Crippen LogP contribution in [-0.2, 0) is 43.8 Å². The average molecular weight is 1360 g/mol. The van der Waals surface area contributed by atoms with Crippen LogP contribution in [0.4, 0.5) is 5.69 Å². The van der Waals surface area contributed by atoms with Crippen LogP contribution in [0.2, 0.25) is 0 Å². The number of ether oxygens (including phenoxy) is 6. The maximum absolute atomic E-state index is 13.7. The lowest BCUT2D eigenvalue weighted by Crippen LogP contribution is -2.62. The number of benzene rings is 7. The average Bonchev–Trinajstić information content (AvgIpc) is 1.57. The van der Waals surface area contributed by atoms with E-state index in [2.05, 4.69) is 20.0 Å². The smallest absolute Gasteiger partial charge is 0.294 e. The van der Waals surface area contributed by atoms with Crippen molar-refractivity contribution >= 4 is 51.5 Å². The number of nitrogens with zero attached hydrogens (tertiary/aromatic N) is 9. The Morgan fingerprint density at radius 3 is 1.50 bits per heavy atom. The van der Waals surface area contributed by atoms with Gasteiger partial charge in [0.1, 0.15) is 78.3 Å². The summed E-state index contributed by atoms with van der Waals surface area (Å²) in [5.41, 5.74) is 16.1. The third-order valence-electron chi connectivity index (χ3n) is 17.3. The number of aliphatic hydroxyl groups excluding tert-OH is 2. The van der Waals surface area contributed by atoms with E-state index >= 15 is 0 Å². The molecular weight excluding hydrogens is 1290 g/mol. The zero-order chi connectivity index (χ0) is 70.5. The zero-order valence-corrected chi connectivity index (χ0v) is 54.9. The maximum Gasteiger partial charge on any atom is 0.294 e. The lowest BCUT2D eigenvalue weighted by molar-refractivity contribution is -0.183. The van der Waals surface area contributed by atoms with Gasteiger partial charge in [-0.15, -0.1) is 0 Å². The van der Waals surface area contributed by atoms with Gasteiger partial charge >= 0.3 is 0 Å². The number of methoxy groups -OCH3 is 2. The van der Waals surface area contributed by atoms with E-state index in [0.717, 1.165) is 21.8 Å².